The predicted octanol–water partition coefficient (Wildman–Crippen LogP) is 1.58. The molecule has 0 unspecified atom stereocenters. The van der Waals surface area contributed by atoms with Crippen molar-refractivity contribution in [3.63, 3.8) is 0 Å². The van der Waals surface area contributed by atoms with Crippen molar-refractivity contribution in [2.75, 3.05) is 18.8 Å². The van der Waals surface area contributed by atoms with Crippen LogP contribution in [0.25, 0.3) is 0 Å². The van der Waals surface area contributed by atoms with Crippen LogP contribution < -0.4 is 4.72 Å². The summed E-state index contributed by atoms with van der Waals surface area (Å²) in [7, 11) is -3.03. The second-order valence-electron chi connectivity index (χ2n) is 5.73. The molecule has 1 heterocycles. The second-order valence-corrected chi connectivity index (χ2v) is 7.83. The van der Waals surface area contributed by atoms with Gasteiger partial charge >= 0.3 is 0 Å². The fraction of sp³-hybridized carbons (Fsp3) is 1.00. The first-order valence-corrected chi connectivity index (χ1v) is 8.92. The van der Waals surface area contributed by atoms with Gasteiger partial charge in [-0.05, 0) is 39.0 Å². The number of rotatable bonds is 5. The Labute approximate surface area is 111 Å². The maximum Gasteiger partial charge on any atom is 0.211 e. The predicted molar refractivity (Wildman–Crippen MR) is 74.0 cm³/mol. The third-order valence-electron chi connectivity index (χ3n) is 4.58. The Morgan fingerprint density at radius 3 is 2.72 bits per heavy atom. The van der Waals surface area contributed by atoms with E-state index in [0.717, 1.165) is 12.5 Å². The van der Waals surface area contributed by atoms with Gasteiger partial charge < -0.3 is 0 Å². The number of likely N-dealkylation sites (tertiary alicyclic amines) is 1. The van der Waals surface area contributed by atoms with E-state index in [2.05, 4.69) is 16.5 Å². The Morgan fingerprint density at radius 1 is 1.28 bits per heavy atom. The van der Waals surface area contributed by atoms with Crippen molar-refractivity contribution in [2.45, 2.75) is 58.0 Å². The van der Waals surface area contributed by atoms with Crippen LogP contribution in [0.1, 0.15) is 46.0 Å². The van der Waals surface area contributed by atoms with Crippen LogP contribution in [0.5, 0.6) is 0 Å². The standard InChI is InChI=1S/C13H26N2O2S/c1-3-18(16,17)14-8-9-15-11(2)10-12-6-4-5-7-13(12)15/h11-14H,3-10H2,1-2H3/t11-,12+,13+/m1/s1. The van der Waals surface area contributed by atoms with Crippen molar-refractivity contribution in [2.24, 2.45) is 5.92 Å². The number of nitrogens with one attached hydrogen (secondary N) is 1. The Bertz CT molecular complexity index is 369. The molecule has 3 atom stereocenters. The molecule has 0 aromatic carbocycles. The molecule has 1 saturated carbocycles. The maximum atomic E-state index is 11.4. The monoisotopic (exact) mass is 274 g/mol. The largest absolute Gasteiger partial charge is 0.296 e. The zero-order valence-corrected chi connectivity index (χ0v) is 12.4. The highest BCUT2D eigenvalue weighted by molar-refractivity contribution is 7.89. The summed E-state index contributed by atoms with van der Waals surface area (Å²) in [4.78, 5) is 2.53. The molecule has 1 aliphatic heterocycles. The van der Waals surface area contributed by atoms with Gasteiger partial charge in [-0.15, -0.1) is 0 Å². The summed E-state index contributed by atoms with van der Waals surface area (Å²) in [5.74, 6) is 1.03. The minimum Gasteiger partial charge on any atom is -0.296 e. The van der Waals surface area contributed by atoms with Gasteiger partial charge in [0.25, 0.3) is 0 Å². The van der Waals surface area contributed by atoms with Crippen LogP contribution in [-0.4, -0.2) is 44.2 Å². The van der Waals surface area contributed by atoms with E-state index >= 15 is 0 Å². The van der Waals surface area contributed by atoms with Gasteiger partial charge in [0, 0.05) is 25.2 Å². The molecule has 0 radical (unpaired) electrons. The number of sulfonamides is 1. The third kappa shape index (κ3) is 3.25. The number of hydrogen-bond acceptors (Lipinski definition) is 3. The van der Waals surface area contributed by atoms with E-state index < -0.39 is 10.0 Å². The summed E-state index contributed by atoms with van der Waals surface area (Å²) in [5, 5.41) is 0. The summed E-state index contributed by atoms with van der Waals surface area (Å²) < 4.78 is 25.5. The summed E-state index contributed by atoms with van der Waals surface area (Å²) in [6.45, 7) is 5.38. The van der Waals surface area contributed by atoms with Gasteiger partial charge in [-0.1, -0.05) is 12.8 Å². The topological polar surface area (TPSA) is 49.4 Å². The molecule has 0 aromatic rings. The van der Waals surface area contributed by atoms with Crippen LogP contribution in [0.4, 0.5) is 0 Å². The molecule has 0 spiro atoms. The average Bonchev–Trinajstić information content (AvgIpc) is 2.66. The van der Waals surface area contributed by atoms with Crippen LogP contribution in [-0.2, 0) is 10.0 Å². The van der Waals surface area contributed by atoms with Gasteiger partial charge in [0.1, 0.15) is 0 Å². The number of fused-ring (bicyclic) bond motifs is 1. The lowest BCUT2D eigenvalue weighted by molar-refractivity contribution is 0.160. The molecule has 4 nitrogen and oxygen atoms in total. The Kier molecular flexibility index (Phi) is 4.67. The second kappa shape index (κ2) is 5.88. The molecule has 0 bridgehead atoms. The van der Waals surface area contributed by atoms with Crippen LogP contribution in [0.2, 0.25) is 0 Å². The molecule has 1 N–H and O–H groups in total. The van der Waals surface area contributed by atoms with Crippen LogP contribution in [0, 0.1) is 5.92 Å². The molecule has 1 aliphatic carbocycles. The SMILES string of the molecule is CCS(=O)(=O)NCCN1[C@H](C)C[C@@H]2CCCC[C@@H]21. The smallest absolute Gasteiger partial charge is 0.211 e. The molecular formula is C13H26N2O2S. The van der Waals surface area contributed by atoms with E-state index in [0.29, 0.717) is 18.6 Å². The molecule has 0 amide bonds. The molecule has 2 rings (SSSR count). The van der Waals surface area contributed by atoms with Gasteiger partial charge in [-0.2, -0.15) is 0 Å². The van der Waals surface area contributed by atoms with Crippen molar-refractivity contribution in [1.29, 1.82) is 0 Å². The van der Waals surface area contributed by atoms with Gasteiger partial charge in [-0.3, -0.25) is 4.90 Å². The van der Waals surface area contributed by atoms with E-state index in [1.54, 1.807) is 6.92 Å². The molecular weight excluding hydrogens is 248 g/mol. The first-order chi connectivity index (χ1) is 8.53. The third-order valence-corrected chi connectivity index (χ3v) is 5.98. The Morgan fingerprint density at radius 2 is 2.00 bits per heavy atom. The highest BCUT2D eigenvalue weighted by atomic mass is 32.2. The molecule has 5 heteroatoms. The highest BCUT2D eigenvalue weighted by Gasteiger charge is 2.39. The van der Waals surface area contributed by atoms with Crippen molar-refractivity contribution in [3.8, 4) is 0 Å². The normalized spacial score (nSPS) is 33.6. The van der Waals surface area contributed by atoms with Crippen LogP contribution >= 0.6 is 0 Å². The molecule has 18 heavy (non-hydrogen) atoms. The number of hydrogen-bond donors (Lipinski definition) is 1. The van der Waals surface area contributed by atoms with E-state index in [-0.39, 0.29) is 5.75 Å². The summed E-state index contributed by atoms with van der Waals surface area (Å²) >= 11 is 0. The molecule has 2 fully saturated rings. The maximum absolute atomic E-state index is 11.4. The lowest BCUT2D eigenvalue weighted by Gasteiger charge is -2.33. The first kappa shape index (κ1) is 14.3. The van der Waals surface area contributed by atoms with Gasteiger partial charge in [0.05, 0.1) is 5.75 Å². The molecule has 1 saturated heterocycles. The van der Waals surface area contributed by atoms with Crippen LogP contribution in [0.15, 0.2) is 0 Å². The Balaban J connectivity index is 1.85. The first-order valence-electron chi connectivity index (χ1n) is 7.26. The molecule has 2 aliphatic rings. The Hall–Kier alpha value is -0.130. The van der Waals surface area contributed by atoms with E-state index in [4.69, 9.17) is 0 Å². The van der Waals surface area contributed by atoms with Crippen LogP contribution in [0.3, 0.4) is 0 Å². The summed E-state index contributed by atoms with van der Waals surface area (Å²) in [6, 6.07) is 1.32. The lowest BCUT2D eigenvalue weighted by atomic mass is 9.85. The van der Waals surface area contributed by atoms with Gasteiger partial charge in [0.15, 0.2) is 0 Å². The summed E-state index contributed by atoms with van der Waals surface area (Å²) in [5.41, 5.74) is 0. The fourth-order valence-corrected chi connectivity index (χ4v) is 4.22. The zero-order chi connectivity index (χ0) is 13.2. The highest BCUT2D eigenvalue weighted by Crippen LogP contribution is 2.39. The molecule has 106 valence electrons. The molecule has 0 aromatic heterocycles. The van der Waals surface area contributed by atoms with Crippen molar-refractivity contribution in [1.82, 2.24) is 9.62 Å². The number of nitrogens with zero attached hydrogens (tertiary/aromatic N) is 1. The average molecular weight is 274 g/mol. The minimum atomic E-state index is -3.03. The van der Waals surface area contributed by atoms with Crippen molar-refractivity contribution < 1.29 is 8.42 Å². The van der Waals surface area contributed by atoms with E-state index in [1.165, 1.54) is 32.1 Å². The fourth-order valence-electron chi connectivity index (χ4n) is 3.62. The van der Waals surface area contributed by atoms with E-state index in [9.17, 15) is 8.42 Å². The lowest BCUT2D eigenvalue weighted by Crippen LogP contribution is -2.42. The summed E-state index contributed by atoms with van der Waals surface area (Å²) in [6.07, 6.45) is 6.68. The quantitative estimate of drug-likeness (QED) is 0.828. The zero-order valence-electron chi connectivity index (χ0n) is 11.6. The van der Waals surface area contributed by atoms with Crippen molar-refractivity contribution >= 4 is 10.0 Å². The van der Waals surface area contributed by atoms with Crippen molar-refractivity contribution in [3.05, 3.63) is 0 Å². The van der Waals surface area contributed by atoms with E-state index in [1.807, 2.05) is 0 Å². The minimum absolute atomic E-state index is 0.175. The van der Waals surface area contributed by atoms with Gasteiger partial charge in [0.2, 0.25) is 10.0 Å². The van der Waals surface area contributed by atoms with Gasteiger partial charge in [-0.25, -0.2) is 13.1 Å².